The van der Waals surface area contributed by atoms with Gasteiger partial charge in [-0.15, -0.1) is 0 Å². The summed E-state index contributed by atoms with van der Waals surface area (Å²) in [6.07, 6.45) is 23.9. The highest BCUT2D eigenvalue weighted by atomic mass is 16.5. The molecule has 2 heteroatoms. The minimum atomic E-state index is 0.460. The van der Waals surface area contributed by atoms with Gasteiger partial charge in [-0.05, 0) is 18.9 Å². The molecular weight excluding hydrogens is 260 g/mol. The number of ether oxygens (including phenoxy) is 1. The molecule has 21 heavy (non-hydrogen) atoms. The van der Waals surface area contributed by atoms with E-state index in [-0.39, 0.29) is 0 Å². The molecule has 0 aliphatic carbocycles. The second-order valence-corrected chi connectivity index (χ2v) is 5.99. The van der Waals surface area contributed by atoms with Crippen LogP contribution in [0.15, 0.2) is 12.3 Å². The van der Waals surface area contributed by atoms with E-state index in [0.29, 0.717) is 6.47 Å². The smallest absolute Gasteiger partial charge is 0.297 e. The monoisotopic (exact) mass is 296 g/mol. The predicted molar refractivity (Wildman–Crippen MR) is 91.2 cm³/mol. The molecular formula is C19H36O2. The molecule has 0 heterocycles. The zero-order valence-corrected chi connectivity index (χ0v) is 14.2. The Kier molecular flexibility index (Phi) is 18.5. The second kappa shape index (κ2) is 19.2. The average molecular weight is 296 g/mol. The van der Waals surface area contributed by atoms with Crippen molar-refractivity contribution in [2.45, 2.75) is 103 Å². The molecule has 0 saturated carbocycles. The van der Waals surface area contributed by atoms with Gasteiger partial charge in [-0.25, -0.2) is 0 Å². The zero-order chi connectivity index (χ0) is 15.4. The molecule has 0 radical (unpaired) electrons. The summed E-state index contributed by atoms with van der Waals surface area (Å²) < 4.78 is 4.49. The zero-order valence-electron chi connectivity index (χ0n) is 14.2. The van der Waals surface area contributed by atoms with Crippen LogP contribution in [0.25, 0.3) is 0 Å². The van der Waals surface area contributed by atoms with Crippen LogP contribution in [0.2, 0.25) is 0 Å². The molecule has 0 aliphatic rings. The summed E-state index contributed by atoms with van der Waals surface area (Å²) >= 11 is 0. The Hall–Kier alpha value is -0.790. The fourth-order valence-corrected chi connectivity index (χ4v) is 2.61. The van der Waals surface area contributed by atoms with Gasteiger partial charge in [-0.2, -0.15) is 0 Å². The first-order valence-corrected chi connectivity index (χ1v) is 9.16. The predicted octanol–water partition coefficient (Wildman–Crippen LogP) is 6.54. The van der Waals surface area contributed by atoms with Crippen molar-refractivity contribution in [1.82, 2.24) is 0 Å². The van der Waals surface area contributed by atoms with Crippen LogP contribution in [0.3, 0.4) is 0 Å². The van der Waals surface area contributed by atoms with Crippen molar-refractivity contribution in [2.24, 2.45) is 0 Å². The summed E-state index contributed by atoms with van der Waals surface area (Å²) in [5.41, 5.74) is 0. The third kappa shape index (κ3) is 19.2. The lowest BCUT2D eigenvalue weighted by molar-refractivity contribution is -0.123. The van der Waals surface area contributed by atoms with Crippen LogP contribution < -0.4 is 0 Å². The van der Waals surface area contributed by atoms with Gasteiger partial charge in [0.1, 0.15) is 0 Å². The maximum absolute atomic E-state index is 9.89. The summed E-state index contributed by atoms with van der Waals surface area (Å²) in [6.45, 7) is 2.74. The maximum atomic E-state index is 9.89. The highest BCUT2D eigenvalue weighted by Crippen LogP contribution is 2.13. The van der Waals surface area contributed by atoms with E-state index in [1.54, 1.807) is 0 Å². The Morgan fingerprint density at radius 2 is 1.10 bits per heavy atom. The topological polar surface area (TPSA) is 26.3 Å². The molecule has 0 unspecified atom stereocenters. The highest BCUT2D eigenvalue weighted by molar-refractivity contribution is 5.38. The Bertz CT molecular complexity index is 224. The molecule has 0 aromatic carbocycles. The van der Waals surface area contributed by atoms with Crippen LogP contribution in [0.4, 0.5) is 0 Å². The average Bonchev–Trinajstić information content (AvgIpc) is 2.50. The molecule has 0 saturated heterocycles. The van der Waals surface area contributed by atoms with Crippen LogP contribution >= 0.6 is 0 Å². The lowest BCUT2D eigenvalue weighted by atomic mass is 10.0. The molecule has 0 aromatic heterocycles. The number of unbranched alkanes of at least 4 members (excludes halogenated alkanes) is 14. The molecule has 0 fully saturated rings. The standard InChI is InChI=1S/C19H36O2/c1-2-3-4-5-6-7-8-9-10-11-12-13-14-15-16-17-18-21-19-20/h17-19H,2-16H2,1H3. The van der Waals surface area contributed by atoms with E-state index in [9.17, 15) is 4.79 Å². The molecule has 0 rings (SSSR count). The van der Waals surface area contributed by atoms with Crippen LogP contribution in [0, 0.1) is 0 Å². The van der Waals surface area contributed by atoms with Crippen LogP contribution in [0.5, 0.6) is 0 Å². The fraction of sp³-hybridized carbons (Fsp3) is 0.842. The Labute approximate surface area is 132 Å². The van der Waals surface area contributed by atoms with Gasteiger partial charge in [-0.3, -0.25) is 4.79 Å². The van der Waals surface area contributed by atoms with E-state index in [1.807, 2.05) is 6.08 Å². The lowest BCUT2D eigenvalue weighted by Crippen LogP contribution is -1.83. The minimum Gasteiger partial charge on any atom is -0.437 e. The summed E-state index contributed by atoms with van der Waals surface area (Å²) in [7, 11) is 0. The first kappa shape index (κ1) is 20.2. The van der Waals surface area contributed by atoms with Gasteiger partial charge in [0, 0.05) is 0 Å². The molecule has 0 bridgehead atoms. The number of rotatable bonds is 17. The van der Waals surface area contributed by atoms with Crippen LogP contribution in [-0.2, 0) is 9.53 Å². The number of hydrogen-bond donors (Lipinski definition) is 0. The van der Waals surface area contributed by atoms with E-state index < -0.39 is 0 Å². The van der Waals surface area contributed by atoms with Crippen molar-refractivity contribution >= 4 is 6.47 Å². The van der Waals surface area contributed by atoms with Gasteiger partial charge in [0.2, 0.25) is 0 Å². The van der Waals surface area contributed by atoms with Crippen LogP contribution in [-0.4, -0.2) is 6.47 Å². The maximum Gasteiger partial charge on any atom is 0.297 e. The summed E-state index contributed by atoms with van der Waals surface area (Å²) in [5.74, 6) is 0. The lowest BCUT2D eigenvalue weighted by Gasteiger charge is -2.02. The largest absolute Gasteiger partial charge is 0.437 e. The molecule has 124 valence electrons. The Morgan fingerprint density at radius 1 is 0.667 bits per heavy atom. The fourth-order valence-electron chi connectivity index (χ4n) is 2.61. The first-order chi connectivity index (χ1) is 10.4. The summed E-state index contributed by atoms with van der Waals surface area (Å²) in [5, 5.41) is 0. The Balaban J connectivity index is 2.98. The van der Waals surface area contributed by atoms with Crippen molar-refractivity contribution in [3.63, 3.8) is 0 Å². The van der Waals surface area contributed by atoms with E-state index in [1.165, 1.54) is 96.2 Å². The summed E-state index contributed by atoms with van der Waals surface area (Å²) in [6, 6.07) is 0. The van der Waals surface area contributed by atoms with Crippen LogP contribution in [0.1, 0.15) is 103 Å². The SMILES string of the molecule is CCCCCCCCCCCCCCCCC=COC=O. The summed E-state index contributed by atoms with van der Waals surface area (Å²) in [4.78, 5) is 9.89. The van der Waals surface area contributed by atoms with Gasteiger partial charge in [0.25, 0.3) is 6.47 Å². The minimum absolute atomic E-state index is 0.460. The van der Waals surface area contributed by atoms with Gasteiger partial charge in [0.05, 0.1) is 6.26 Å². The third-order valence-corrected chi connectivity index (χ3v) is 3.95. The van der Waals surface area contributed by atoms with E-state index in [4.69, 9.17) is 0 Å². The molecule has 2 nitrogen and oxygen atoms in total. The Morgan fingerprint density at radius 3 is 1.52 bits per heavy atom. The van der Waals surface area contributed by atoms with Crippen molar-refractivity contribution in [1.29, 1.82) is 0 Å². The van der Waals surface area contributed by atoms with Gasteiger partial charge < -0.3 is 4.74 Å². The van der Waals surface area contributed by atoms with Crippen molar-refractivity contribution < 1.29 is 9.53 Å². The van der Waals surface area contributed by atoms with Gasteiger partial charge in [-0.1, -0.05) is 90.4 Å². The molecule has 0 N–H and O–H groups in total. The normalized spacial score (nSPS) is 11.1. The molecule has 0 aromatic rings. The van der Waals surface area contributed by atoms with Gasteiger partial charge >= 0.3 is 0 Å². The molecule has 0 atom stereocenters. The first-order valence-electron chi connectivity index (χ1n) is 9.16. The van der Waals surface area contributed by atoms with E-state index in [0.717, 1.165) is 6.42 Å². The number of carbonyl (C=O) groups is 1. The number of allylic oxidation sites excluding steroid dienone is 1. The van der Waals surface area contributed by atoms with Crippen molar-refractivity contribution in [3.8, 4) is 0 Å². The van der Waals surface area contributed by atoms with Gasteiger partial charge in [0.15, 0.2) is 0 Å². The van der Waals surface area contributed by atoms with Crippen molar-refractivity contribution in [3.05, 3.63) is 12.3 Å². The van der Waals surface area contributed by atoms with Crippen molar-refractivity contribution in [2.75, 3.05) is 0 Å². The van der Waals surface area contributed by atoms with E-state index >= 15 is 0 Å². The number of hydrogen-bond acceptors (Lipinski definition) is 2. The molecule has 0 aliphatic heterocycles. The molecule has 0 spiro atoms. The molecule has 0 amide bonds. The number of carbonyl (C=O) groups excluding carboxylic acids is 1. The van der Waals surface area contributed by atoms with E-state index in [2.05, 4.69) is 11.7 Å². The second-order valence-electron chi connectivity index (χ2n) is 5.99. The quantitative estimate of drug-likeness (QED) is 0.173. The third-order valence-electron chi connectivity index (χ3n) is 3.95. The highest BCUT2D eigenvalue weighted by Gasteiger charge is 1.93.